The van der Waals surface area contributed by atoms with E-state index in [9.17, 15) is 22.0 Å². The van der Waals surface area contributed by atoms with Gasteiger partial charge in [-0.3, -0.25) is 0 Å². The van der Waals surface area contributed by atoms with Gasteiger partial charge in [0.1, 0.15) is 0 Å². The number of hydrogen-bond donors (Lipinski definition) is 1. The van der Waals surface area contributed by atoms with Gasteiger partial charge in [-0.1, -0.05) is 19.1 Å². The Morgan fingerprint density at radius 3 is 2.16 bits per heavy atom. The highest BCUT2D eigenvalue weighted by atomic mass is 19.4. The molecule has 1 N–H and O–H groups in total. The molecule has 1 nitrogen and oxygen atoms in total. The highest BCUT2D eigenvalue weighted by molar-refractivity contribution is 5.35. The Balaban J connectivity index is 3.13. The number of nitrogens with one attached hydrogen (secondary N) is 1. The highest BCUT2D eigenvalue weighted by Crippen LogP contribution is 2.44. The molecular formula is C13H16F5N. The third kappa shape index (κ3) is 3.23. The maximum Gasteiger partial charge on any atom is 0.458 e. The van der Waals surface area contributed by atoms with Crippen LogP contribution < -0.4 is 5.32 Å². The van der Waals surface area contributed by atoms with Crippen LogP contribution in [0.5, 0.6) is 0 Å². The smallest absolute Gasteiger partial charge is 0.310 e. The van der Waals surface area contributed by atoms with Gasteiger partial charge in [0.05, 0.1) is 0 Å². The molecular weight excluding hydrogens is 265 g/mol. The van der Waals surface area contributed by atoms with E-state index in [0.717, 1.165) is 12.1 Å². The first-order valence-electron chi connectivity index (χ1n) is 5.90. The topological polar surface area (TPSA) is 12.0 Å². The maximum atomic E-state index is 13.2. The number of rotatable bonds is 4. The summed E-state index contributed by atoms with van der Waals surface area (Å²) in [5, 5.41) is 3.08. The summed E-state index contributed by atoms with van der Waals surface area (Å²) >= 11 is 0. The first-order valence-corrected chi connectivity index (χ1v) is 5.90. The highest BCUT2D eigenvalue weighted by Gasteiger charge is 2.58. The van der Waals surface area contributed by atoms with Crippen molar-refractivity contribution in [2.24, 2.45) is 0 Å². The van der Waals surface area contributed by atoms with Gasteiger partial charge in [0.15, 0.2) is 0 Å². The summed E-state index contributed by atoms with van der Waals surface area (Å²) in [5.74, 6) is -4.82. The van der Waals surface area contributed by atoms with Crippen molar-refractivity contribution >= 4 is 0 Å². The average molecular weight is 281 g/mol. The lowest BCUT2D eigenvalue weighted by molar-refractivity contribution is -0.289. The van der Waals surface area contributed by atoms with E-state index >= 15 is 0 Å². The number of benzene rings is 1. The van der Waals surface area contributed by atoms with Crippen molar-refractivity contribution in [3.63, 3.8) is 0 Å². The molecule has 0 fully saturated rings. The van der Waals surface area contributed by atoms with E-state index in [2.05, 4.69) is 5.32 Å². The predicted octanol–water partition coefficient (Wildman–Crippen LogP) is 4.32. The van der Waals surface area contributed by atoms with E-state index in [0.29, 0.717) is 17.7 Å². The molecule has 0 bridgehead atoms. The molecule has 0 saturated carbocycles. The molecule has 0 spiro atoms. The molecule has 0 heterocycles. The normalized spacial score (nSPS) is 14.5. The van der Waals surface area contributed by atoms with Crippen LogP contribution in [-0.2, 0) is 5.92 Å². The van der Waals surface area contributed by atoms with Crippen LogP contribution in [-0.4, -0.2) is 12.7 Å². The summed E-state index contributed by atoms with van der Waals surface area (Å²) in [6.07, 6.45) is -5.58. The van der Waals surface area contributed by atoms with Gasteiger partial charge in [0.2, 0.25) is 0 Å². The molecule has 19 heavy (non-hydrogen) atoms. The van der Waals surface area contributed by atoms with Gasteiger partial charge in [-0.15, -0.1) is 0 Å². The standard InChI is InChI=1S/C13H16F5N/c1-4-19-9(3)11-6-5-10(7-8(11)2)12(14,15)13(16,17)18/h5-7,9,19H,4H2,1-3H3. The molecule has 0 aromatic heterocycles. The zero-order valence-corrected chi connectivity index (χ0v) is 10.9. The molecule has 1 aromatic carbocycles. The van der Waals surface area contributed by atoms with Crippen molar-refractivity contribution in [3.05, 3.63) is 34.9 Å². The minimum absolute atomic E-state index is 0.0986. The minimum Gasteiger partial charge on any atom is -0.310 e. The predicted molar refractivity (Wildman–Crippen MR) is 63.2 cm³/mol. The van der Waals surface area contributed by atoms with E-state index in [-0.39, 0.29) is 6.04 Å². The van der Waals surface area contributed by atoms with Crippen LogP contribution in [0.2, 0.25) is 0 Å². The Hall–Kier alpha value is -1.17. The molecule has 108 valence electrons. The van der Waals surface area contributed by atoms with Gasteiger partial charge in [0.25, 0.3) is 0 Å². The van der Waals surface area contributed by atoms with Crippen LogP contribution >= 0.6 is 0 Å². The zero-order valence-electron chi connectivity index (χ0n) is 10.9. The first kappa shape index (κ1) is 15.9. The second-order valence-corrected chi connectivity index (χ2v) is 4.42. The number of hydrogen-bond acceptors (Lipinski definition) is 1. The lowest BCUT2D eigenvalue weighted by atomic mass is 9.97. The van der Waals surface area contributed by atoms with Gasteiger partial charge < -0.3 is 5.32 Å². The second kappa shape index (κ2) is 5.45. The van der Waals surface area contributed by atoms with E-state index < -0.39 is 17.7 Å². The van der Waals surface area contributed by atoms with Gasteiger partial charge in [-0.05, 0) is 37.6 Å². The quantitative estimate of drug-likeness (QED) is 0.810. The van der Waals surface area contributed by atoms with Gasteiger partial charge in [0, 0.05) is 11.6 Å². The van der Waals surface area contributed by atoms with Gasteiger partial charge in [-0.25, -0.2) is 0 Å². The summed E-state index contributed by atoms with van der Waals surface area (Å²) in [5.41, 5.74) is 0.100. The largest absolute Gasteiger partial charge is 0.458 e. The molecule has 0 aliphatic heterocycles. The van der Waals surface area contributed by atoms with Crippen LogP contribution in [0.15, 0.2) is 18.2 Å². The Bertz CT molecular complexity index is 439. The fraction of sp³-hybridized carbons (Fsp3) is 0.538. The summed E-state index contributed by atoms with van der Waals surface area (Å²) in [7, 11) is 0. The monoisotopic (exact) mass is 281 g/mol. The van der Waals surface area contributed by atoms with Crippen molar-refractivity contribution in [3.8, 4) is 0 Å². The van der Waals surface area contributed by atoms with Crippen molar-refractivity contribution in [1.82, 2.24) is 5.32 Å². The molecule has 0 aliphatic carbocycles. The van der Waals surface area contributed by atoms with Crippen molar-refractivity contribution in [2.45, 2.75) is 38.9 Å². The Labute approximate surface area is 108 Å². The van der Waals surface area contributed by atoms with Gasteiger partial charge in [-0.2, -0.15) is 22.0 Å². The molecule has 0 aliphatic rings. The van der Waals surface area contributed by atoms with Crippen LogP contribution in [0.4, 0.5) is 22.0 Å². The van der Waals surface area contributed by atoms with Gasteiger partial charge >= 0.3 is 12.1 Å². The fourth-order valence-electron chi connectivity index (χ4n) is 1.94. The minimum atomic E-state index is -5.58. The molecule has 0 radical (unpaired) electrons. The lowest BCUT2D eigenvalue weighted by Gasteiger charge is -2.22. The lowest BCUT2D eigenvalue weighted by Crippen LogP contribution is -2.33. The first-order chi connectivity index (χ1) is 8.61. The van der Waals surface area contributed by atoms with E-state index in [1.165, 1.54) is 13.0 Å². The van der Waals surface area contributed by atoms with Crippen molar-refractivity contribution in [1.29, 1.82) is 0 Å². The number of aryl methyl sites for hydroxylation is 1. The summed E-state index contributed by atoms with van der Waals surface area (Å²) in [6, 6.07) is 2.95. The molecule has 1 aromatic rings. The molecule has 1 rings (SSSR count). The maximum absolute atomic E-state index is 13.2. The molecule has 1 unspecified atom stereocenters. The third-order valence-corrected chi connectivity index (χ3v) is 2.97. The van der Waals surface area contributed by atoms with E-state index in [1.54, 1.807) is 0 Å². The summed E-state index contributed by atoms with van der Waals surface area (Å²) in [4.78, 5) is 0. The fourth-order valence-corrected chi connectivity index (χ4v) is 1.94. The zero-order chi connectivity index (χ0) is 14.8. The summed E-state index contributed by atoms with van der Waals surface area (Å²) in [6.45, 7) is 5.92. The van der Waals surface area contributed by atoms with Crippen molar-refractivity contribution in [2.75, 3.05) is 6.54 Å². The molecule has 1 atom stereocenters. The average Bonchev–Trinajstić information content (AvgIpc) is 2.27. The number of halogens is 5. The second-order valence-electron chi connectivity index (χ2n) is 4.42. The Kier molecular flexibility index (Phi) is 4.55. The molecule has 0 amide bonds. The number of alkyl halides is 5. The van der Waals surface area contributed by atoms with E-state index in [4.69, 9.17) is 0 Å². The van der Waals surface area contributed by atoms with E-state index in [1.807, 2.05) is 13.8 Å². The molecule has 0 saturated heterocycles. The van der Waals surface area contributed by atoms with Crippen molar-refractivity contribution < 1.29 is 22.0 Å². The third-order valence-electron chi connectivity index (χ3n) is 2.97. The van der Waals surface area contributed by atoms with Crippen LogP contribution in [0.25, 0.3) is 0 Å². The Morgan fingerprint density at radius 1 is 1.16 bits per heavy atom. The van der Waals surface area contributed by atoms with Crippen LogP contribution in [0, 0.1) is 6.92 Å². The van der Waals surface area contributed by atoms with Crippen LogP contribution in [0.1, 0.15) is 36.6 Å². The SMILES string of the molecule is CCNC(C)c1ccc(C(F)(F)C(F)(F)F)cc1C. The summed E-state index contributed by atoms with van der Waals surface area (Å²) < 4.78 is 63.2. The molecule has 6 heteroatoms. The Morgan fingerprint density at radius 2 is 1.74 bits per heavy atom. The van der Waals surface area contributed by atoms with Crippen LogP contribution in [0.3, 0.4) is 0 Å².